The number of aromatic nitrogens is 1. The molecular formula is C50H40N2O. The molecule has 3 aliphatic carbocycles. The molecule has 0 atom stereocenters. The Morgan fingerprint density at radius 3 is 2.02 bits per heavy atom. The first-order valence-corrected chi connectivity index (χ1v) is 19.2. The molecule has 3 nitrogen and oxygen atoms in total. The van der Waals surface area contributed by atoms with Crippen molar-refractivity contribution in [3.63, 3.8) is 0 Å². The van der Waals surface area contributed by atoms with Gasteiger partial charge in [-0.05, 0) is 102 Å². The van der Waals surface area contributed by atoms with E-state index in [0.717, 1.165) is 44.9 Å². The fourth-order valence-electron chi connectivity index (χ4n) is 9.97. The average Bonchev–Trinajstić information content (AvgIpc) is 3.56. The molecule has 0 aliphatic heterocycles. The van der Waals surface area contributed by atoms with Gasteiger partial charge in [0.05, 0.1) is 22.4 Å². The molecule has 3 fully saturated rings. The third kappa shape index (κ3) is 4.80. The molecule has 0 N–H and O–H groups in total. The van der Waals surface area contributed by atoms with Crippen molar-refractivity contribution in [1.82, 2.24) is 4.57 Å². The minimum absolute atomic E-state index is 0.241. The van der Waals surface area contributed by atoms with Gasteiger partial charge >= 0.3 is 0 Å². The summed E-state index contributed by atoms with van der Waals surface area (Å²) in [5, 5.41) is 4.85. The van der Waals surface area contributed by atoms with Gasteiger partial charge in [0.2, 0.25) is 0 Å². The Labute approximate surface area is 309 Å². The van der Waals surface area contributed by atoms with E-state index in [2.05, 4.69) is 173 Å². The second-order valence-electron chi connectivity index (χ2n) is 15.4. The van der Waals surface area contributed by atoms with E-state index in [4.69, 9.17) is 4.42 Å². The number of hydrogen-bond acceptors (Lipinski definition) is 2. The summed E-state index contributed by atoms with van der Waals surface area (Å²) in [5.41, 5.74) is 13.0. The predicted octanol–water partition coefficient (Wildman–Crippen LogP) is 14.0. The highest BCUT2D eigenvalue weighted by molar-refractivity contribution is 6.11. The predicted molar refractivity (Wildman–Crippen MR) is 221 cm³/mol. The topological polar surface area (TPSA) is 21.3 Å². The first kappa shape index (κ1) is 30.6. The quantitative estimate of drug-likeness (QED) is 0.174. The smallest absolute Gasteiger partial charge is 0.159 e. The highest BCUT2D eigenvalue weighted by atomic mass is 16.3. The number of rotatable bonds is 6. The summed E-state index contributed by atoms with van der Waals surface area (Å²) in [6.45, 7) is 0. The molecule has 12 rings (SSSR count). The summed E-state index contributed by atoms with van der Waals surface area (Å²) < 4.78 is 9.10. The third-order valence-electron chi connectivity index (χ3n) is 12.4. The number of furan rings is 1. The van der Waals surface area contributed by atoms with Crippen molar-refractivity contribution in [1.29, 1.82) is 0 Å². The van der Waals surface area contributed by atoms with E-state index in [1.54, 1.807) is 0 Å². The van der Waals surface area contributed by atoms with E-state index in [1.807, 2.05) is 0 Å². The minimum Gasteiger partial charge on any atom is -0.454 e. The van der Waals surface area contributed by atoms with Crippen LogP contribution in [0.5, 0.6) is 0 Å². The lowest BCUT2D eigenvalue weighted by atomic mass is 9.57. The fraction of sp³-hybridized carbons (Fsp3) is 0.160. The normalized spacial score (nSPS) is 18.4. The van der Waals surface area contributed by atoms with E-state index < -0.39 is 0 Å². The van der Waals surface area contributed by atoms with Gasteiger partial charge in [-0.25, -0.2) is 0 Å². The lowest BCUT2D eigenvalue weighted by Gasteiger charge is -2.48. The largest absolute Gasteiger partial charge is 0.454 e. The number of hydrogen-bond donors (Lipinski definition) is 0. The maximum atomic E-state index is 6.71. The van der Waals surface area contributed by atoms with Crippen LogP contribution < -0.4 is 4.90 Å². The third-order valence-corrected chi connectivity index (χ3v) is 12.4. The summed E-state index contributed by atoms with van der Waals surface area (Å²) in [6.07, 6.45) is 7.92. The minimum atomic E-state index is 0.241. The number of anilines is 3. The van der Waals surface area contributed by atoms with Crippen LogP contribution in [0, 0.1) is 5.92 Å². The second kappa shape index (κ2) is 12.0. The number of benzene rings is 7. The Morgan fingerprint density at radius 2 is 1.21 bits per heavy atom. The fourth-order valence-corrected chi connectivity index (χ4v) is 9.97. The zero-order valence-electron chi connectivity index (χ0n) is 29.7. The van der Waals surface area contributed by atoms with Crippen LogP contribution in [0.2, 0.25) is 0 Å². The Hall–Kier alpha value is -6.06. The summed E-state index contributed by atoms with van der Waals surface area (Å²) in [7, 11) is 0. The maximum Gasteiger partial charge on any atom is 0.159 e. The lowest BCUT2D eigenvalue weighted by Crippen LogP contribution is -2.40. The monoisotopic (exact) mass is 684 g/mol. The van der Waals surface area contributed by atoms with Crippen LogP contribution in [0.1, 0.15) is 44.1 Å². The zero-order valence-corrected chi connectivity index (χ0v) is 29.7. The molecule has 0 saturated heterocycles. The van der Waals surface area contributed by atoms with Crippen LogP contribution in [-0.4, -0.2) is 4.57 Å². The maximum absolute atomic E-state index is 6.71. The number of nitrogens with zero attached hydrogens (tertiary/aromatic N) is 2. The van der Waals surface area contributed by atoms with E-state index in [0.29, 0.717) is 0 Å². The van der Waals surface area contributed by atoms with Crippen molar-refractivity contribution in [3.05, 3.63) is 169 Å². The van der Waals surface area contributed by atoms with E-state index in [1.165, 1.54) is 82.7 Å². The molecular weight excluding hydrogens is 645 g/mol. The highest BCUT2D eigenvalue weighted by Crippen LogP contribution is 2.58. The summed E-state index contributed by atoms with van der Waals surface area (Å²) in [4.78, 5) is 2.48. The van der Waals surface area contributed by atoms with Crippen molar-refractivity contribution in [2.75, 3.05) is 4.90 Å². The van der Waals surface area contributed by atoms with Crippen molar-refractivity contribution < 1.29 is 4.42 Å². The van der Waals surface area contributed by atoms with Gasteiger partial charge in [-0.15, -0.1) is 0 Å². The van der Waals surface area contributed by atoms with E-state index >= 15 is 0 Å². The standard InChI is InChI=1S/C50H40N2O/c1-5-21-44-39(16-1)40-17-2-6-22-45(40)52(44)38-15-11-14-36(31-38)35-26-28-37(29-27-35)51(47-24-12-19-42-41-18-3-8-25-48(41)53-49(42)47)46-23-7-4-20-43(46)50-30-10-9-13-34(32-50)33-50/h1-8,11-12,14-29,31,34H,9-10,13,30,32-33H2. The molecule has 0 radical (unpaired) electrons. The molecule has 3 aliphatic rings. The van der Waals surface area contributed by atoms with Crippen LogP contribution in [-0.2, 0) is 5.41 Å². The van der Waals surface area contributed by atoms with Crippen LogP contribution in [0.4, 0.5) is 17.1 Å². The van der Waals surface area contributed by atoms with Gasteiger partial charge in [-0.3, -0.25) is 0 Å². The summed E-state index contributed by atoms with van der Waals surface area (Å²) in [5.74, 6) is 0.857. The van der Waals surface area contributed by atoms with Crippen LogP contribution in [0.25, 0.3) is 60.6 Å². The van der Waals surface area contributed by atoms with Gasteiger partial charge in [0.1, 0.15) is 5.58 Å². The van der Waals surface area contributed by atoms with Crippen molar-refractivity contribution in [3.8, 4) is 16.8 Å². The van der Waals surface area contributed by atoms with Gasteiger partial charge in [-0.2, -0.15) is 0 Å². The van der Waals surface area contributed by atoms with Gasteiger partial charge in [0.25, 0.3) is 0 Å². The number of para-hydroxylation sites is 5. The molecule has 3 heteroatoms. The molecule has 9 aromatic rings. The Morgan fingerprint density at radius 1 is 0.547 bits per heavy atom. The van der Waals surface area contributed by atoms with Gasteiger partial charge in [0, 0.05) is 32.9 Å². The molecule has 2 aromatic heterocycles. The lowest BCUT2D eigenvalue weighted by molar-refractivity contribution is 0.147. The average molecular weight is 685 g/mol. The molecule has 256 valence electrons. The summed E-state index contributed by atoms with van der Waals surface area (Å²) >= 11 is 0. The molecule has 0 amide bonds. The van der Waals surface area contributed by atoms with Crippen LogP contribution in [0.15, 0.2) is 168 Å². The Kier molecular flexibility index (Phi) is 6.92. The SMILES string of the molecule is c1cc(-c2ccc(N(c3ccccc3C34CCCCC(C3)C4)c3cccc4c3oc3ccccc34)cc2)cc(-n2c3ccccc3c3ccccc32)c1. The molecule has 3 saturated carbocycles. The highest BCUT2D eigenvalue weighted by Gasteiger charge is 2.47. The van der Waals surface area contributed by atoms with Gasteiger partial charge in [-0.1, -0.05) is 128 Å². The van der Waals surface area contributed by atoms with Gasteiger partial charge < -0.3 is 13.9 Å². The van der Waals surface area contributed by atoms with Crippen molar-refractivity contribution >= 4 is 60.8 Å². The first-order chi connectivity index (χ1) is 26.2. The molecule has 0 unspecified atom stereocenters. The zero-order chi connectivity index (χ0) is 34.9. The second-order valence-corrected chi connectivity index (χ2v) is 15.4. The van der Waals surface area contributed by atoms with Crippen molar-refractivity contribution in [2.45, 2.75) is 43.9 Å². The summed E-state index contributed by atoms with van der Waals surface area (Å²) in [6, 6.07) is 59.8. The van der Waals surface area contributed by atoms with Crippen molar-refractivity contribution in [2.24, 2.45) is 5.92 Å². The van der Waals surface area contributed by atoms with Crippen LogP contribution >= 0.6 is 0 Å². The van der Waals surface area contributed by atoms with E-state index in [9.17, 15) is 0 Å². The van der Waals surface area contributed by atoms with Gasteiger partial charge in [0.15, 0.2) is 5.58 Å². The molecule has 7 aromatic carbocycles. The molecule has 53 heavy (non-hydrogen) atoms. The molecule has 0 spiro atoms. The Balaban J connectivity index is 1.05. The molecule has 2 heterocycles. The first-order valence-electron chi connectivity index (χ1n) is 19.2. The number of fused-ring (bicyclic) bond motifs is 9. The van der Waals surface area contributed by atoms with E-state index in [-0.39, 0.29) is 5.41 Å². The van der Waals surface area contributed by atoms with Crippen LogP contribution in [0.3, 0.4) is 0 Å². The molecule has 2 bridgehead atoms. The Bertz CT molecular complexity index is 2760.